The molecule has 0 fully saturated rings. The van der Waals surface area contributed by atoms with E-state index in [4.69, 9.17) is 11.6 Å². The molecule has 0 aromatic heterocycles. The average Bonchev–Trinajstić information content (AvgIpc) is 2.46. The van der Waals surface area contributed by atoms with Crippen LogP contribution in [0, 0.1) is 6.92 Å². The molecule has 0 aliphatic carbocycles. The molecular formula is C15H14ClN3O2S. The molecule has 0 spiro atoms. The van der Waals surface area contributed by atoms with E-state index in [9.17, 15) is 8.42 Å². The summed E-state index contributed by atoms with van der Waals surface area (Å²) in [5, 5.41) is 6.33. The molecule has 3 rings (SSSR count). The van der Waals surface area contributed by atoms with Crippen LogP contribution in [-0.2, 0) is 16.6 Å². The van der Waals surface area contributed by atoms with E-state index in [1.54, 1.807) is 12.1 Å². The summed E-state index contributed by atoms with van der Waals surface area (Å²) in [5.41, 5.74) is 2.65. The van der Waals surface area contributed by atoms with Gasteiger partial charge in [-0.1, -0.05) is 41.4 Å². The smallest absolute Gasteiger partial charge is 0.287 e. The minimum absolute atomic E-state index is 0.0844. The van der Waals surface area contributed by atoms with Gasteiger partial charge in [0.05, 0.1) is 5.69 Å². The third-order valence-electron chi connectivity index (χ3n) is 3.23. The molecule has 1 aliphatic heterocycles. The Balaban J connectivity index is 1.82. The van der Waals surface area contributed by atoms with Crippen LogP contribution in [0.2, 0.25) is 5.02 Å². The van der Waals surface area contributed by atoms with Crippen LogP contribution in [0.25, 0.3) is 0 Å². The molecule has 0 bridgehead atoms. The molecule has 2 aromatic carbocycles. The number of benzene rings is 2. The fourth-order valence-corrected chi connectivity index (χ4v) is 3.58. The Morgan fingerprint density at radius 3 is 2.82 bits per heavy atom. The van der Waals surface area contributed by atoms with Crippen molar-refractivity contribution in [3.63, 3.8) is 0 Å². The second kappa shape index (κ2) is 5.62. The summed E-state index contributed by atoms with van der Waals surface area (Å²) in [6.45, 7) is 2.48. The van der Waals surface area contributed by atoms with Gasteiger partial charge in [0, 0.05) is 11.6 Å². The van der Waals surface area contributed by atoms with Gasteiger partial charge in [0.2, 0.25) is 5.96 Å². The highest BCUT2D eigenvalue weighted by Crippen LogP contribution is 2.29. The largest absolute Gasteiger partial charge is 0.351 e. The molecule has 0 saturated carbocycles. The van der Waals surface area contributed by atoms with Crippen LogP contribution in [0.5, 0.6) is 0 Å². The third kappa shape index (κ3) is 3.08. The number of halogens is 1. The zero-order valence-electron chi connectivity index (χ0n) is 11.8. The first kappa shape index (κ1) is 14.9. The van der Waals surface area contributed by atoms with Crippen molar-refractivity contribution < 1.29 is 8.42 Å². The lowest BCUT2D eigenvalue weighted by atomic mass is 10.1. The molecule has 1 aliphatic rings. The van der Waals surface area contributed by atoms with E-state index < -0.39 is 10.0 Å². The molecule has 0 amide bonds. The maximum atomic E-state index is 12.2. The highest BCUT2D eigenvalue weighted by atomic mass is 35.5. The van der Waals surface area contributed by atoms with E-state index in [0.717, 1.165) is 11.1 Å². The molecule has 0 radical (unpaired) electrons. The molecule has 0 atom stereocenters. The quantitative estimate of drug-likeness (QED) is 0.885. The maximum absolute atomic E-state index is 12.2. The standard InChI is InChI=1S/C15H14ClN3O2S/c1-10-3-2-4-11(7-10)9-17-15-18-13-6-5-12(16)8-14(13)22(20,21)19-15/h2-8H,9H2,1H3,(H2,17,18,19). The predicted molar refractivity (Wildman–Crippen MR) is 87.7 cm³/mol. The summed E-state index contributed by atoms with van der Waals surface area (Å²) in [4.78, 5) is 0.0844. The Morgan fingerprint density at radius 2 is 2.05 bits per heavy atom. The first-order chi connectivity index (χ1) is 10.4. The Morgan fingerprint density at radius 1 is 1.23 bits per heavy atom. The van der Waals surface area contributed by atoms with E-state index in [1.165, 1.54) is 6.07 Å². The van der Waals surface area contributed by atoms with Crippen molar-refractivity contribution in [2.24, 2.45) is 4.40 Å². The highest BCUT2D eigenvalue weighted by Gasteiger charge is 2.25. The Hall–Kier alpha value is -2.05. The number of sulfonamides is 1. The number of hydrogen-bond acceptors (Lipinski definition) is 4. The second-order valence-corrected chi connectivity index (χ2v) is 7.03. The van der Waals surface area contributed by atoms with Gasteiger partial charge >= 0.3 is 0 Å². The number of aryl methyl sites for hydroxylation is 1. The number of rotatable bonds is 2. The lowest BCUT2D eigenvalue weighted by molar-refractivity contribution is 0.597. The number of guanidine groups is 1. The number of nitrogens with one attached hydrogen (secondary N) is 2. The lowest BCUT2D eigenvalue weighted by Crippen LogP contribution is -2.34. The van der Waals surface area contributed by atoms with E-state index >= 15 is 0 Å². The molecule has 22 heavy (non-hydrogen) atoms. The number of anilines is 1. The van der Waals surface area contributed by atoms with Crippen LogP contribution in [0.4, 0.5) is 5.69 Å². The van der Waals surface area contributed by atoms with Gasteiger partial charge in [-0.2, -0.15) is 8.42 Å². The van der Waals surface area contributed by atoms with Gasteiger partial charge in [-0.15, -0.1) is 4.40 Å². The molecule has 114 valence electrons. The number of hydrogen-bond donors (Lipinski definition) is 2. The van der Waals surface area contributed by atoms with Crippen molar-refractivity contribution in [1.29, 1.82) is 0 Å². The van der Waals surface area contributed by atoms with Gasteiger partial charge in [0.25, 0.3) is 10.0 Å². The summed E-state index contributed by atoms with van der Waals surface area (Å²) in [6.07, 6.45) is 0. The maximum Gasteiger partial charge on any atom is 0.287 e. The van der Waals surface area contributed by atoms with Crippen LogP contribution in [0.1, 0.15) is 11.1 Å². The van der Waals surface area contributed by atoms with E-state index in [0.29, 0.717) is 17.3 Å². The Kier molecular flexibility index (Phi) is 3.80. The molecule has 0 saturated heterocycles. The predicted octanol–water partition coefficient (Wildman–Crippen LogP) is 2.91. The minimum atomic E-state index is -3.75. The molecule has 2 N–H and O–H groups in total. The van der Waals surface area contributed by atoms with Crippen LogP contribution in [0.3, 0.4) is 0 Å². The van der Waals surface area contributed by atoms with Crippen LogP contribution in [-0.4, -0.2) is 14.4 Å². The zero-order chi connectivity index (χ0) is 15.7. The van der Waals surface area contributed by atoms with Gasteiger partial charge in [-0.3, -0.25) is 0 Å². The molecular weight excluding hydrogens is 322 g/mol. The molecule has 2 aromatic rings. The monoisotopic (exact) mass is 335 g/mol. The van der Waals surface area contributed by atoms with Crippen molar-refractivity contribution in [3.8, 4) is 0 Å². The van der Waals surface area contributed by atoms with Crippen molar-refractivity contribution in [2.75, 3.05) is 5.32 Å². The third-order valence-corrected chi connectivity index (χ3v) is 4.78. The van der Waals surface area contributed by atoms with Crippen LogP contribution in [0.15, 0.2) is 51.8 Å². The van der Waals surface area contributed by atoms with Gasteiger partial charge in [-0.25, -0.2) is 0 Å². The zero-order valence-corrected chi connectivity index (χ0v) is 13.4. The van der Waals surface area contributed by atoms with Crippen molar-refractivity contribution in [3.05, 3.63) is 58.6 Å². The molecule has 1 heterocycles. The summed E-state index contributed by atoms with van der Waals surface area (Å²) in [6, 6.07) is 12.6. The van der Waals surface area contributed by atoms with Crippen molar-refractivity contribution >= 4 is 33.3 Å². The average molecular weight is 336 g/mol. The first-order valence-corrected chi connectivity index (χ1v) is 8.47. The van der Waals surface area contributed by atoms with Crippen LogP contribution < -0.4 is 10.6 Å². The van der Waals surface area contributed by atoms with Crippen molar-refractivity contribution in [1.82, 2.24) is 5.32 Å². The molecule has 7 heteroatoms. The summed E-state index contributed by atoms with van der Waals surface area (Å²) in [7, 11) is -3.75. The number of nitrogens with zero attached hydrogens (tertiary/aromatic N) is 1. The number of fused-ring (bicyclic) bond motifs is 1. The summed E-state index contributed by atoms with van der Waals surface area (Å²) >= 11 is 5.84. The lowest BCUT2D eigenvalue weighted by Gasteiger charge is -2.19. The van der Waals surface area contributed by atoms with Gasteiger partial charge < -0.3 is 10.6 Å². The normalized spacial score (nSPS) is 15.5. The van der Waals surface area contributed by atoms with Crippen LogP contribution >= 0.6 is 11.6 Å². The molecule has 0 unspecified atom stereocenters. The van der Waals surface area contributed by atoms with E-state index in [1.807, 2.05) is 31.2 Å². The van der Waals surface area contributed by atoms with Crippen molar-refractivity contribution in [2.45, 2.75) is 18.4 Å². The Bertz CT molecular complexity index is 863. The first-order valence-electron chi connectivity index (χ1n) is 6.65. The fraction of sp³-hybridized carbons (Fsp3) is 0.133. The van der Waals surface area contributed by atoms with Gasteiger partial charge in [0.15, 0.2) is 0 Å². The van der Waals surface area contributed by atoms with E-state index in [2.05, 4.69) is 15.0 Å². The Labute approximate surface area is 134 Å². The SMILES string of the molecule is Cc1cccc(CNC2=NS(=O)(=O)c3cc(Cl)ccc3N2)c1. The highest BCUT2D eigenvalue weighted by molar-refractivity contribution is 7.90. The van der Waals surface area contributed by atoms with E-state index in [-0.39, 0.29) is 10.9 Å². The second-order valence-electron chi connectivity index (χ2n) is 5.02. The molecule has 5 nitrogen and oxygen atoms in total. The van der Waals surface area contributed by atoms with Gasteiger partial charge in [0.1, 0.15) is 4.90 Å². The van der Waals surface area contributed by atoms with Gasteiger partial charge in [-0.05, 0) is 30.7 Å². The topological polar surface area (TPSA) is 70.6 Å². The minimum Gasteiger partial charge on any atom is -0.351 e. The fourth-order valence-electron chi connectivity index (χ4n) is 2.22. The summed E-state index contributed by atoms with van der Waals surface area (Å²) < 4.78 is 28.1. The summed E-state index contributed by atoms with van der Waals surface area (Å²) in [5.74, 6) is 0.205.